The molecule has 0 spiro atoms. The highest BCUT2D eigenvalue weighted by Crippen LogP contribution is 2.37. The van der Waals surface area contributed by atoms with Crippen molar-refractivity contribution in [1.82, 2.24) is 29.3 Å². The third-order valence-corrected chi connectivity index (χ3v) is 5.33. The first-order chi connectivity index (χ1) is 16.3. The number of pyridine rings is 1. The molecule has 5 rings (SSSR count). The highest BCUT2D eigenvalue weighted by Gasteiger charge is 2.40. The lowest BCUT2D eigenvalue weighted by molar-refractivity contribution is -0.207. The quantitative estimate of drug-likeness (QED) is 0.446. The zero-order chi connectivity index (χ0) is 23.9. The molecule has 1 amide bonds. The number of anilines is 1. The number of amides is 1. The van der Waals surface area contributed by atoms with Gasteiger partial charge in [-0.05, 0) is 43.2 Å². The number of rotatable bonds is 6. The van der Waals surface area contributed by atoms with Gasteiger partial charge in [0, 0.05) is 23.5 Å². The molecule has 2 N–H and O–H groups in total. The normalized spacial score (nSPS) is 14.7. The number of benzene rings is 1. The summed E-state index contributed by atoms with van der Waals surface area (Å²) in [5.41, 5.74) is 0.699. The van der Waals surface area contributed by atoms with Crippen LogP contribution in [0.25, 0.3) is 17.2 Å². The molecule has 4 aromatic rings. The van der Waals surface area contributed by atoms with Gasteiger partial charge in [-0.1, -0.05) is 12.1 Å². The summed E-state index contributed by atoms with van der Waals surface area (Å²) in [4.78, 5) is 20.9. The number of alkyl halides is 3. The summed E-state index contributed by atoms with van der Waals surface area (Å²) in [6, 6.07) is 11.8. The molecule has 1 unspecified atom stereocenters. The molecule has 12 heteroatoms. The summed E-state index contributed by atoms with van der Waals surface area (Å²) in [6.45, 7) is 0. The first kappa shape index (κ1) is 21.8. The number of nitrogens with zero attached hydrogens (tertiary/aromatic N) is 6. The van der Waals surface area contributed by atoms with E-state index in [0.29, 0.717) is 29.1 Å². The Bertz CT molecular complexity index is 1340. The van der Waals surface area contributed by atoms with Crippen LogP contribution in [0.4, 0.5) is 19.0 Å². The number of aliphatic hydroxyl groups excluding tert-OH is 1. The molecule has 9 nitrogen and oxygen atoms in total. The summed E-state index contributed by atoms with van der Waals surface area (Å²) in [5.74, 6) is 0.486. The van der Waals surface area contributed by atoms with Gasteiger partial charge in [-0.2, -0.15) is 13.2 Å². The fourth-order valence-electron chi connectivity index (χ4n) is 3.46. The predicted octanol–water partition coefficient (Wildman–Crippen LogP) is 3.71. The average molecular weight is 469 g/mol. The third-order valence-electron chi connectivity index (χ3n) is 5.33. The second-order valence-corrected chi connectivity index (χ2v) is 7.86. The van der Waals surface area contributed by atoms with Crippen LogP contribution in [-0.4, -0.2) is 46.5 Å². The van der Waals surface area contributed by atoms with Gasteiger partial charge in [-0.25, -0.2) is 9.97 Å². The SMILES string of the molecule is O=C(Nc1cccc(-c2nncn2C2CC2)n1)c1cccc(-n2cnc(C(O)C(F)(F)F)c2)c1. The van der Waals surface area contributed by atoms with Gasteiger partial charge < -0.3 is 19.6 Å². The number of hydrogen-bond acceptors (Lipinski definition) is 6. The maximum absolute atomic E-state index is 12.8. The Kier molecular flexibility index (Phi) is 5.36. The maximum atomic E-state index is 12.8. The predicted molar refractivity (Wildman–Crippen MR) is 114 cm³/mol. The monoisotopic (exact) mass is 469 g/mol. The van der Waals surface area contributed by atoms with Gasteiger partial charge in [0.05, 0.1) is 12.0 Å². The standard InChI is InChI=1S/C22H18F3N7O2/c23-22(24,25)19(33)17-10-31(11-26-17)15-4-1-3-13(9-15)21(34)29-18-6-2-5-16(28-18)20-30-27-12-32(20)14-7-8-14/h1-6,9-12,14,19,33H,7-8H2,(H,28,29,34). The Balaban J connectivity index is 1.34. The smallest absolute Gasteiger partial charge is 0.378 e. The molecule has 1 saturated carbocycles. The van der Waals surface area contributed by atoms with E-state index in [1.807, 2.05) is 4.57 Å². The molecule has 3 heterocycles. The molecule has 1 aliphatic carbocycles. The molecule has 0 bridgehead atoms. The van der Waals surface area contributed by atoms with E-state index in [1.165, 1.54) is 10.6 Å². The van der Waals surface area contributed by atoms with Crippen LogP contribution in [0.2, 0.25) is 0 Å². The number of aliphatic hydroxyl groups is 1. The van der Waals surface area contributed by atoms with Gasteiger partial charge in [0.25, 0.3) is 5.91 Å². The molecule has 174 valence electrons. The number of carbonyl (C=O) groups is 1. The van der Waals surface area contributed by atoms with E-state index in [0.717, 1.165) is 25.4 Å². The van der Waals surface area contributed by atoms with E-state index in [1.54, 1.807) is 42.7 Å². The summed E-state index contributed by atoms with van der Waals surface area (Å²) in [6.07, 6.45) is -1.52. The van der Waals surface area contributed by atoms with Crippen LogP contribution < -0.4 is 5.32 Å². The van der Waals surface area contributed by atoms with Gasteiger partial charge in [-0.3, -0.25) is 4.79 Å². The lowest BCUT2D eigenvalue weighted by Crippen LogP contribution is -2.20. The van der Waals surface area contributed by atoms with Gasteiger partial charge in [0.2, 0.25) is 0 Å². The van der Waals surface area contributed by atoms with Crippen molar-refractivity contribution in [3.63, 3.8) is 0 Å². The highest BCUT2D eigenvalue weighted by molar-refractivity contribution is 6.04. The van der Waals surface area contributed by atoms with Gasteiger partial charge >= 0.3 is 6.18 Å². The van der Waals surface area contributed by atoms with Crippen LogP contribution in [-0.2, 0) is 0 Å². The number of aromatic nitrogens is 6. The number of hydrogen-bond donors (Lipinski definition) is 2. The fourth-order valence-corrected chi connectivity index (χ4v) is 3.46. The molecule has 0 aliphatic heterocycles. The van der Waals surface area contributed by atoms with Gasteiger partial charge in [0.15, 0.2) is 11.9 Å². The highest BCUT2D eigenvalue weighted by atomic mass is 19.4. The Labute approximate surface area is 190 Å². The third kappa shape index (κ3) is 4.39. The minimum absolute atomic E-state index is 0.262. The molecular weight excluding hydrogens is 451 g/mol. The fraction of sp³-hybridized carbons (Fsp3) is 0.227. The van der Waals surface area contributed by atoms with Crippen LogP contribution in [0.1, 0.15) is 41.0 Å². The molecule has 3 aromatic heterocycles. The zero-order valence-electron chi connectivity index (χ0n) is 17.5. The zero-order valence-corrected chi connectivity index (χ0v) is 17.5. The van der Waals surface area contributed by atoms with Crippen LogP contribution in [0.5, 0.6) is 0 Å². The molecule has 1 aromatic carbocycles. The summed E-state index contributed by atoms with van der Waals surface area (Å²) < 4.78 is 41.5. The van der Waals surface area contributed by atoms with Crippen molar-refractivity contribution in [2.24, 2.45) is 0 Å². The Morgan fingerprint density at radius 2 is 1.94 bits per heavy atom. The molecular formula is C22H18F3N7O2. The van der Waals surface area contributed by atoms with Gasteiger partial charge in [0.1, 0.15) is 17.8 Å². The second kappa shape index (κ2) is 8.37. The van der Waals surface area contributed by atoms with Crippen LogP contribution >= 0.6 is 0 Å². The summed E-state index contributed by atoms with van der Waals surface area (Å²) in [7, 11) is 0. The Morgan fingerprint density at radius 1 is 1.15 bits per heavy atom. The minimum Gasteiger partial charge on any atom is -0.378 e. The topological polar surface area (TPSA) is 111 Å². The van der Waals surface area contributed by atoms with Crippen molar-refractivity contribution in [3.8, 4) is 17.2 Å². The molecule has 0 saturated heterocycles. The van der Waals surface area contributed by atoms with Crippen molar-refractivity contribution < 1.29 is 23.1 Å². The van der Waals surface area contributed by atoms with Gasteiger partial charge in [-0.15, -0.1) is 10.2 Å². The Hall–Kier alpha value is -4.06. The molecule has 1 atom stereocenters. The van der Waals surface area contributed by atoms with E-state index >= 15 is 0 Å². The van der Waals surface area contributed by atoms with E-state index in [4.69, 9.17) is 0 Å². The van der Waals surface area contributed by atoms with E-state index in [2.05, 4.69) is 25.5 Å². The molecule has 1 aliphatic rings. The summed E-state index contributed by atoms with van der Waals surface area (Å²) in [5, 5.41) is 20.2. The second-order valence-electron chi connectivity index (χ2n) is 7.86. The first-order valence-corrected chi connectivity index (χ1v) is 10.4. The first-order valence-electron chi connectivity index (χ1n) is 10.4. The van der Waals surface area contributed by atoms with Crippen molar-refractivity contribution in [1.29, 1.82) is 0 Å². The van der Waals surface area contributed by atoms with E-state index in [-0.39, 0.29) is 5.56 Å². The van der Waals surface area contributed by atoms with Crippen molar-refractivity contribution in [2.75, 3.05) is 5.32 Å². The van der Waals surface area contributed by atoms with E-state index in [9.17, 15) is 23.1 Å². The Morgan fingerprint density at radius 3 is 2.71 bits per heavy atom. The number of imidazole rings is 1. The van der Waals surface area contributed by atoms with E-state index < -0.39 is 23.9 Å². The largest absolute Gasteiger partial charge is 0.420 e. The number of carbonyl (C=O) groups excluding carboxylic acids is 1. The summed E-state index contributed by atoms with van der Waals surface area (Å²) >= 11 is 0. The van der Waals surface area contributed by atoms with Crippen LogP contribution in [0, 0.1) is 0 Å². The lowest BCUT2D eigenvalue weighted by Gasteiger charge is -2.11. The molecule has 0 radical (unpaired) electrons. The van der Waals surface area contributed by atoms with Crippen LogP contribution in [0.3, 0.4) is 0 Å². The maximum Gasteiger partial charge on any atom is 0.420 e. The van der Waals surface area contributed by atoms with Crippen molar-refractivity contribution in [3.05, 3.63) is 72.6 Å². The van der Waals surface area contributed by atoms with Crippen molar-refractivity contribution in [2.45, 2.75) is 31.2 Å². The lowest BCUT2D eigenvalue weighted by atomic mass is 10.2. The average Bonchev–Trinajstić information content (AvgIpc) is 3.33. The molecule has 1 fully saturated rings. The number of nitrogens with one attached hydrogen (secondary N) is 1. The van der Waals surface area contributed by atoms with Crippen molar-refractivity contribution >= 4 is 11.7 Å². The molecule has 34 heavy (non-hydrogen) atoms. The van der Waals surface area contributed by atoms with Crippen LogP contribution in [0.15, 0.2) is 61.3 Å². The minimum atomic E-state index is -4.83. The number of halogens is 3.